The van der Waals surface area contributed by atoms with Crippen LogP contribution in [0.5, 0.6) is 0 Å². The molecule has 1 heterocycles. The van der Waals surface area contributed by atoms with E-state index in [-0.39, 0.29) is 11.7 Å². The average molecular weight is 320 g/mol. The van der Waals surface area contributed by atoms with Crippen molar-refractivity contribution in [3.8, 4) is 11.5 Å². The van der Waals surface area contributed by atoms with Gasteiger partial charge in [0.2, 0.25) is 5.89 Å². The lowest BCUT2D eigenvalue weighted by Crippen LogP contribution is -2.24. The fourth-order valence-electron chi connectivity index (χ4n) is 1.92. The summed E-state index contributed by atoms with van der Waals surface area (Å²) in [7, 11) is 0. The van der Waals surface area contributed by atoms with Crippen LogP contribution in [0, 0.1) is 13.8 Å². The van der Waals surface area contributed by atoms with Gasteiger partial charge in [0.05, 0.1) is 0 Å². The van der Waals surface area contributed by atoms with Crippen molar-refractivity contribution in [1.29, 1.82) is 0 Å². The van der Waals surface area contributed by atoms with Crippen molar-refractivity contribution in [1.82, 2.24) is 10.2 Å². The quantitative estimate of drug-likeness (QED) is 0.631. The first-order valence-electron chi connectivity index (χ1n) is 7.00. The predicted octanol–water partition coefficient (Wildman–Crippen LogP) is 3.79. The Balaban J connectivity index is 2.01. The maximum atomic E-state index is 11.7. The van der Waals surface area contributed by atoms with Gasteiger partial charge < -0.3 is 9.15 Å². The molecule has 0 spiro atoms. The second-order valence-electron chi connectivity index (χ2n) is 6.07. The summed E-state index contributed by atoms with van der Waals surface area (Å²) in [6, 6.07) is 6.02. The summed E-state index contributed by atoms with van der Waals surface area (Å²) in [6.45, 7) is 9.54. The third kappa shape index (κ3) is 4.59. The Morgan fingerprint density at radius 3 is 2.64 bits per heavy atom. The number of carbonyl (C=O) groups is 1. The number of thioether (sulfide) groups is 1. The Morgan fingerprint density at radius 2 is 2.00 bits per heavy atom. The summed E-state index contributed by atoms with van der Waals surface area (Å²) < 4.78 is 10.8. The molecule has 1 aromatic carbocycles. The zero-order chi connectivity index (χ0) is 16.3. The van der Waals surface area contributed by atoms with Crippen LogP contribution in [-0.2, 0) is 9.53 Å². The lowest BCUT2D eigenvalue weighted by molar-refractivity contribution is -0.151. The Morgan fingerprint density at radius 1 is 1.27 bits per heavy atom. The molecule has 5 nitrogen and oxygen atoms in total. The lowest BCUT2D eigenvalue weighted by atomic mass is 10.1. The Kier molecular flexibility index (Phi) is 4.90. The minimum absolute atomic E-state index is 0.145. The molecular formula is C16H20N2O3S. The smallest absolute Gasteiger partial charge is 0.316 e. The van der Waals surface area contributed by atoms with Crippen LogP contribution in [0.2, 0.25) is 0 Å². The molecule has 0 bridgehead atoms. The van der Waals surface area contributed by atoms with Crippen molar-refractivity contribution < 1.29 is 13.9 Å². The summed E-state index contributed by atoms with van der Waals surface area (Å²) in [5, 5.41) is 8.36. The van der Waals surface area contributed by atoms with Gasteiger partial charge >= 0.3 is 5.97 Å². The molecule has 2 aromatic rings. The summed E-state index contributed by atoms with van der Waals surface area (Å²) in [5.41, 5.74) is 2.67. The molecule has 0 aliphatic rings. The molecule has 0 amide bonds. The first-order chi connectivity index (χ1) is 10.2. The molecule has 118 valence electrons. The molecule has 22 heavy (non-hydrogen) atoms. The normalized spacial score (nSPS) is 11.5. The number of ether oxygens (including phenoxy) is 1. The average Bonchev–Trinajstić information content (AvgIpc) is 2.83. The van der Waals surface area contributed by atoms with E-state index in [1.54, 1.807) is 0 Å². The summed E-state index contributed by atoms with van der Waals surface area (Å²) in [6.07, 6.45) is 0. The maximum Gasteiger partial charge on any atom is 0.316 e. The van der Waals surface area contributed by atoms with Gasteiger partial charge in [0.25, 0.3) is 5.22 Å². The van der Waals surface area contributed by atoms with E-state index >= 15 is 0 Å². The Labute approximate surface area is 134 Å². The monoisotopic (exact) mass is 320 g/mol. The molecule has 0 N–H and O–H groups in total. The minimum Gasteiger partial charge on any atom is -0.459 e. The van der Waals surface area contributed by atoms with E-state index in [1.165, 1.54) is 17.3 Å². The summed E-state index contributed by atoms with van der Waals surface area (Å²) in [4.78, 5) is 11.7. The van der Waals surface area contributed by atoms with Crippen molar-refractivity contribution in [2.75, 3.05) is 5.75 Å². The highest BCUT2D eigenvalue weighted by atomic mass is 32.2. The number of rotatable bonds is 4. The van der Waals surface area contributed by atoms with Gasteiger partial charge in [0.15, 0.2) is 0 Å². The Bertz CT molecular complexity index is 674. The van der Waals surface area contributed by atoms with E-state index in [2.05, 4.69) is 16.3 Å². The van der Waals surface area contributed by atoms with Crippen molar-refractivity contribution in [3.63, 3.8) is 0 Å². The van der Waals surface area contributed by atoms with Crippen LogP contribution in [0.1, 0.15) is 31.9 Å². The topological polar surface area (TPSA) is 65.2 Å². The summed E-state index contributed by atoms with van der Waals surface area (Å²) >= 11 is 1.18. The van der Waals surface area contributed by atoms with E-state index < -0.39 is 5.60 Å². The van der Waals surface area contributed by atoms with Gasteiger partial charge in [-0.25, -0.2) is 0 Å². The fraction of sp³-hybridized carbons (Fsp3) is 0.438. The molecule has 0 atom stereocenters. The van der Waals surface area contributed by atoms with Gasteiger partial charge in [-0.2, -0.15) is 0 Å². The molecule has 0 saturated carbocycles. The molecule has 0 aliphatic heterocycles. The van der Waals surface area contributed by atoms with Gasteiger partial charge in [-0.3, -0.25) is 4.79 Å². The molecule has 0 saturated heterocycles. The van der Waals surface area contributed by atoms with Crippen LogP contribution >= 0.6 is 11.8 Å². The van der Waals surface area contributed by atoms with E-state index in [1.807, 2.05) is 46.8 Å². The third-order valence-electron chi connectivity index (χ3n) is 2.75. The summed E-state index contributed by atoms with van der Waals surface area (Å²) in [5.74, 6) is 0.305. The van der Waals surface area contributed by atoms with Crippen molar-refractivity contribution in [2.45, 2.75) is 45.4 Å². The third-order valence-corrected chi connectivity index (χ3v) is 3.54. The fourth-order valence-corrected chi connectivity index (χ4v) is 2.46. The second-order valence-corrected chi connectivity index (χ2v) is 6.99. The zero-order valence-corrected chi connectivity index (χ0v) is 14.3. The largest absolute Gasteiger partial charge is 0.459 e. The highest BCUT2D eigenvalue weighted by Gasteiger charge is 2.18. The number of hydrogen-bond donors (Lipinski definition) is 0. The number of nitrogens with zero attached hydrogens (tertiary/aromatic N) is 2. The molecule has 0 aliphatic carbocycles. The number of benzene rings is 1. The SMILES string of the molecule is Cc1ccc(-c2nnc(SCC(=O)OC(C)(C)C)o2)c(C)c1. The lowest BCUT2D eigenvalue weighted by Gasteiger charge is -2.18. The first-order valence-corrected chi connectivity index (χ1v) is 7.99. The number of esters is 1. The maximum absolute atomic E-state index is 11.7. The first kappa shape index (κ1) is 16.5. The molecule has 1 aromatic heterocycles. The molecule has 0 unspecified atom stereocenters. The van der Waals surface area contributed by atoms with Gasteiger partial charge in [0, 0.05) is 5.56 Å². The number of hydrogen-bond acceptors (Lipinski definition) is 6. The highest BCUT2D eigenvalue weighted by Crippen LogP contribution is 2.26. The van der Waals surface area contributed by atoms with Gasteiger partial charge in [-0.15, -0.1) is 10.2 Å². The van der Waals surface area contributed by atoms with Crippen molar-refractivity contribution >= 4 is 17.7 Å². The molecule has 2 rings (SSSR count). The molecule has 0 radical (unpaired) electrons. The van der Waals surface area contributed by atoms with Crippen LogP contribution in [0.15, 0.2) is 27.8 Å². The number of aromatic nitrogens is 2. The van der Waals surface area contributed by atoms with Crippen LogP contribution in [0.25, 0.3) is 11.5 Å². The molecule has 0 fully saturated rings. The van der Waals surface area contributed by atoms with E-state index in [4.69, 9.17) is 9.15 Å². The van der Waals surface area contributed by atoms with Crippen molar-refractivity contribution in [3.05, 3.63) is 29.3 Å². The Hall–Kier alpha value is -1.82. The van der Waals surface area contributed by atoms with Gasteiger partial charge in [-0.1, -0.05) is 29.5 Å². The van der Waals surface area contributed by atoms with Crippen molar-refractivity contribution in [2.24, 2.45) is 0 Å². The van der Waals surface area contributed by atoms with Crippen LogP contribution in [-0.4, -0.2) is 27.5 Å². The number of aryl methyl sites for hydroxylation is 2. The van der Waals surface area contributed by atoms with Crippen LogP contribution < -0.4 is 0 Å². The van der Waals surface area contributed by atoms with Gasteiger partial charge in [-0.05, 0) is 46.2 Å². The van der Waals surface area contributed by atoms with Crippen LogP contribution in [0.4, 0.5) is 0 Å². The zero-order valence-electron chi connectivity index (χ0n) is 13.5. The minimum atomic E-state index is -0.489. The van der Waals surface area contributed by atoms with E-state index in [0.29, 0.717) is 11.1 Å². The van der Waals surface area contributed by atoms with E-state index in [9.17, 15) is 4.79 Å². The predicted molar refractivity (Wildman–Crippen MR) is 85.8 cm³/mol. The van der Waals surface area contributed by atoms with Crippen LogP contribution in [0.3, 0.4) is 0 Å². The second kappa shape index (κ2) is 6.52. The standard InChI is InChI=1S/C16H20N2O3S/c1-10-6-7-12(11(2)8-10)14-17-18-15(20-14)22-9-13(19)21-16(3,4)5/h6-8H,9H2,1-5H3. The highest BCUT2D eigenvalue weighted by molar-refractivity contribution is 7.99. The molecular weight excluding hydrogens is 300 g/mol. The van der Waals surface area contributed by atoms with E-state index in [0.717, 1.165) is 11.1 Å². The molecule has 6 heteroatoms. The number of carbonyl (C=O) groups excluding carboxylic acids is 1. The van der Waals surface area contributed by atoms with Gasteiger partial charge in [0.1, 0.15) is 11.4 Å².